The molecule has 0 saturated heterocycles. The summed E-state index contributed by atoms with van der Waals surface area (Å²) in [7, 11) is 0. The van der Waals surface area contributed by atoms with Gasteiger partial charge in [-0.2, -0.15) is 0 Å². The number of ether oxygens (including phenoxy) is 2. The largest absolute Gasteiger partial charge is 0.514 e. The molecule has 0 unspecified atom stereocenters. The van der Waals surface area contributed by atoms with Gasteiger partial charge in [0, 0.05) is 4.47 Å². The van der Waals surface area contributed by atoms with E-state index in [0.29, 0.717) is 4.47 Å². The molecule has 1 aromatic carbocycles. The van der Waals surface area contributed by atoms with Crippen molar-refractivity contribution >= 4 is 22.1 Å². The van der Waals surface area contributed by atoms with E-state index in [1.807, 2.05) is 0 Å². The second-order valence-corrected chi connectivity index (χ2v) is 5.27. The van der Waals surface area contributed by atoms with E-state index in [1.54, 1.807) is 32.9 Å². The van der Waals surface area contributed by atoms with E-state index in [4.69, 9.17) is 9.47 Å². The number of halogens is 1. The third kappa shape index (κ3) is 4.99. The van der Waals surface area contributed by atoms with Crippen LogP contribution in [0.25, 0.3) is 0 Å². The van der Waals surface area contributed by atoms with Gasteiger partial charge in [0.05, 0.1) is 0 Å². The van der Waals surface area contributed by atoms with Crippen LogP contribution in [-0.4, -0.2) is 11.8 Å². The van der Waals surface area contributed by atoms with Gasteiger partial charge < -0.3 is 9.47 Å². The van der Waals surface area contributed by atoms with E-state index in [2.05, 4.69) is 15.9 Å². The molecular formula is C12H13BrO4. The highest BCUT2D eigenvalue weighted by molar-refractivity contribution is 9.10. The first-order valence-corrected chi connectivity index (χ1v) is 5.78. The molecule has 0 bridgehead atoms. The first kappa shape index (κ1) is 13.7. The zero-order chi connectivity index (χ0) is 13.1. The highest BCUT2D eigenvalue weighted by Crippen LogP contribution is 2.14. The van der Waals surface area contributed by atoms with Crippen molar-refractivity contribution in [2.75, 3.05) is 0 Å². The molecule has 0 aliphatic rings. The number of hydrogen-bond donors (Lipinski definition) is 0. The summed E-state index contributed by atoms with van der Waals surface area (Å²) in [6.07, 6.45) is -0.896. The van der Waals surface area contributed by atoms with Gasteiger partial charge in [-0.25, -0.2) is 4.79 Å². The molecule has 1 aromatic rings. The minimum absolute atomic E-state index is 0.0730. The minimum atomic E-state index is -0.896. The maximum Gasteiger partial charge on any atom is 0.514 e. The van der Waals surface area contributed by atoms with E-state index < -0.39 is 11.8 Å². The van der Waals surface area contributed by atoms with Crippen molar-refractivity contribution in [3.8, 4) is 5.75 Å². The summed E-state index contributed by atoms with van der Waals surface area (Å²) < 4.78 is 10.4. The van der Waals surface area contributed by atoms with Crippen LogP contribution < -0.4 is 10.2 Å². The highest BCUT2D eigenvalue weighted by Gasteiger charge is 2.18. The van der Waals surface area contributed by atoms with Crippen molar-refractivity contribution in [2.45, 2.75) is 26.4 Å². The summed E-state index contributed by atoms with van der Waals surface area (Å²) >= 11 is 3.21. The first-order valence-electron chi connectivity index (χ1n) is 4.99. The zero-order valence-electron chi connectivity index (χ0n) is 9.82. The Labute approximate surface area is 108 Å². The van der Waals surface area contributed by atoms with Crippen LogP contribution in [0.2, 0.25) is 0 Å². The zero-order valence-corrected chi connectivity index (χ0v) is 11.4. The molecule has 0 heterocycles. The monoisotopic (exact) mass is 300 g/mol. The number of carbonyl (C=O) groups excluding carboxylic acids is 1. The maximum atomic E-state index is 11.5. The molecule has 92 valence electrons. The Hall–Kier alpha value is -1.36. The van der Waals surface area contributed by atoms with Crippen LogP contribution in [0, 0.1) is 0 Å². The lowest BCUT2D eigenvalue weighted by Gasteiger charge is -2.18. The molecule has 0 N–H and O–H groups in total. The second kappa shape index (κ2) is 5.31. The fourth-order valence-electron chi connectivity index (χ4n) is 0.994. The van der Waals surface area contributed by atoms with E-state index in [0.717, 1.165) is 0 Å². The van der Waals surface area contributed by atoms with Crippen LogP contribution in [0.4, 0.5) is 4.79 Å². The Balaban J connectivity index is 2.90. The average Bonchev–Trinajstić information content (AvgIpc) is 2.26. The quantitative estimate of drug-likeness (QED) is 0.748. The lowest BCUT2D eigenvalue weighted by atomic mass is 10.2. The van der Waals surface area contributed by atoms with Gasteiger partial charge in [0.25, 0.3) is 0 Å². The van der Waals surface area contributed by atoms with Crippen LogP contribution in [-0.2, 0) is 4.74 Å². The molecule has 0 spiro atoms. The van der Waals surface area contributed by atoms with Crippen molar-refractivity contribution in [2.24, 2.45) is 0 Å². The average molecular weight is 301 g/mol. The third-order valence-electron chi connectivity index (χ3n) is 1.60. The summed E-state index contributed by atoms with van der Waals surface area (Å²) in [5.74, 6) is -0.0730. The summed E-state index contributed by atoms with van der Waals surface area (Å²) in [5.41, 5.74) is -1.05. The molecule has 0 aromatic heterocycles. The van der Waals surface area contributed by atoms with Crippen LogP contribution in [0.1, 0.15) is 20.8 Å². The smallest absolute Gasteiger partial charge is 0.428 e. The van der Waals surface area contributed by atoms with Gasteiger partial charge in [-0.1, -0.05) is 22.0 Å². The fraction of sp³-hybridized carbons (Fsp3) is 0.333. The van der Waals surface area contributed by atoms with Gasteiger partial charge in [0.1, 0.15) is 5.60 Å². The molecule has 0 atom stereocenters. The Kier molecular flexibility index (Phi) is 4.28. The highest BCUT2D eigenvalue weighted by atomic mass is 79.9. The lowest BCUT2D eigenvalue weighted by Crippen LogP contribution is -2.26. The number of hydrogen-bond acceptors (Lipinski definition) is 4. The molecule has 5 heteroatoms. The predicted molar refractivity (Wildman–Crippen MR) is 67.3 cm³/mol. The van der Waals surface area contributed by atoms with Crippen molar-refractivity contribution < 1.29 is 14.3 Å². The molecule has 0 fully saturated rings. The van der Waals surface area contributed by atoms with Crippen molar-refractivity contribution in [3.63, 3.8) is 0 Å². The molecule has 0 aliphatic carbocycles. The van der Waals surface area contributed by atoms with E-state index in [-0.39, 0.29) is 11.2 Å². The molecule has 4 nitrogen and oxygen atoms in total. The second-order valence-electron chi connectivity index (χ2n) is 4.35. The van der Waals surface area contributed by atoms with Gasteiger partial charge in [-0.3, -0.25) is 4.79 Å². The molecule has 0 aliphatic heterocycles. The molecule has 0 radical (unpaired) electrons. The van der Waals surface area contributed by atoms with Crippen LogP contribution in [0.3, 0.4) is 0 Å². The van der Waals surface area contributed by atoms with E-state index in [1.165, 1.54) is 12.1 Å². The van der Waals surface area contributed by atoms with Gasteiger partial charge in [0.2, 0.25) is 5.43 Å². The van der Waals surface area contributed by atoms with Crippen LogP contribution in [0.5, 0.6) is 5.75 Å². The molecule has 0 saturated carbocycles. The SMILES string of the molecule is CC(C)(C)OC(=O)Oc1cc(Br)cccc1=O. The number of rotatable bonds is 1. The Morgan fingerprint density at radius 2 is 1.94 bits per heavy atom. The summed E-state index contributed by atoms with van der Waals surface area (Å²) in [6, 6.07) is 5.97. The van der Waals surface area contributed by atoms with Gasteiger partial charge >= 0.3 is 6.16 Å². The summed E-state index contributed by atoms with van der Waals surface area (Å²) in [5, 5.41) is 0. The normalized spacial score (nSPS) is 10.8. The van der Waals surface area contributed by atoms with E-state index >= 15 is 0 Å². The minimum Gasteiger partial charge on any atom is -0.428 e. The molecule has 0 amide bonds. The Morgan fingerprint density at radius 3 is 2.53 bits per heavy atom. The molecule has 1 rings (SSSR count). The Morgan fingerprint density at radius 1 is 1.29 bits per heavy atom. The van der Waals surface area contributed by atoms with Crippen LogP contribution in [0.15, 0.2) is 33.5 Å². The van der Waals surface area contributed by atoms with Gasteiger partial charge in [-0.05, 0) is 39.0 Å². The predicted octanol–water partition coefficient (Wildman–Crippen LogP) is 3.12. The maximum absolute atomic E-state index is 11.5. The van der Waals surface area contributed by atoms with Gasteiger partial charge in [-0.15, -0.1) is 0 Å². The standard InChI is InChI=1S/C12H13BrO4/c1-12(2,3)17-11(15)16-10-7-8(13)5-4-6-9(10)14/h4-7H,1-3H3. The van der Waals surface area contributed by atoms with Crippen LogP contribution >= 0.6 is 15.9 Å². The third-order valence-corrected chi connectivity index (χ3v) is 2.09. The van der Waals surface area contributed by atoms with Crippen molar-refractivity contribution in [1.82, 2.24) is 0 Å². The fourth-order valence-corrected chi connectivity index (χ4v) is 1.35. The first-order chi connectivity index (χ1) is 7.78. The van der Waals surface area contributed by atoms with Crippen molar-refractivity contribution in [3.05, 3.63) is 39.0 Å². The van der Waals surface area contributed by atoms with E-state index in [9.17, 15) is 9.59 Å². The number of carbonyl (C=O) groups is 1. The topological polar surface area (TPSA) is 52.6 Å². The summed E-state index contributed by atoms with van der Waals surface area (Å²) in [6.45, 7) is 5.15. The van der Waals surface area contributed by atoms with Crippen molar-refractivity contribution in [1.29, 1.82) is 0 Å². The summed E-state index contributed by atoms with van der Waals surface area (Å²) in [4.78, 5) is 22.9. The Bertz CT molecular complexity index is 477. The lowest BCUT2D eigenvalue weighted by molar-refractivity contribution is 0.0204. The van der Waals surface area contributed by atoms with Gasteiger partial charge in [0.15, 0.2) is 5.75 Å². The molecule has 17 heavy (non-hydrogen) atoms. The molecular weight excluding hydrogens is 288 g/mol.